The van der Waals surface area contributed by atoms with Gasteiger partial charge in [-0.25, -0.2) is 0 Å². The SMILES string of the molecule is CCCCc1ccc(C(=O)NC(C)C)cn1. The Morgan fingerprint density at radius 3 is 2.69 bits per heavy atom. The molecule has 0 aromatic carbocycles. The van der Waals surface area contributed by atoms with Crippen LogP contribution in [0.3, 0.4) is 0 Å². The second-order valence-corrected chi connectivity index (χ2v) is 4.27. The quantitative estimate of drug-likeness (QED) is 0.828. The fourth-order valence-electron chi connectivity index (χ4n) is 1.41. The third-order valence-corrected chi connectivity index (χ3v) is 2.29. The number of aromatic nitrogens is 1. The van der Waals surface area contributed by atoms with Crippen molar-refractivity contribution in [3.05, 3.63) is 29.6 Å². The van der Waals surface area contributed by atoms with Gasteiger partial charge in [-0.1, -0.05) is 13.3 Å². The Labute approximate surface area is 97.3 Å². The number of amides is 1. The van der Waals surface area contributed by atoms with Crippen molar-refractivity contribution in [2.75, 3.05) is 0 Å². The Morgan fingerprint density at radius 2 is 2.19 bits per heavy atom. The minimum Gasteiger partial charge on any atom is -0.350 e. The lowest BCUT2D eigenvalue weighted by Crippen LogP contribution is -2.30. The van der Waals surface area contributed by atoms with E-state index in [0.29, 0.717) is 5.56 Å². The molecule has 0 radical (unpaired) electrons. The molecular weight excluding hydrogens is 200 g/mol. The van der Waals surface area contributed by atoms with Gasteiger partial charge in [-0.2, -0.15) is 0 Å². The van der Waals surface area contributed by atoms with E-state index in [4.69, 9.17) is 0 Å². The summed E-state index contributed by atoms with van der Waals surface area (Å²) in [6, 6.07) is 3.94. The second kappa shape index (κ2) is 6.26. The van der Waals surface area contributed by atoms with Crippen molar-refractivity contribution in [1.82, 2.24) is 10.3 Å². The highest BCUT2D eigenvalue weighted by atomic mass is 16.1. The maximum Gasteiger partial charge on any atom is 0.253 e. The number of carbonyl (C=O) groups excluding carboxylic acids is 1. The van der Waals surface area contributed by atoms with Gasteiger partial charge in [-0.3, -0.25) is 9.78 Å². The summed E-state index contributed by atoms with van der Waals surface area (Å²) in [6.07, 6.45) is 4.95. The predicted octanol–water partition coefficient (Wildman–Crippen LogP) is 2.56. The second-order valence-electron chi connectivity index (χ2n) is 4.27. The van der Waals surface area contributed by atoms with Gasteiger partial charge in [0.25, 0.3) is 5.91 Å². The third-order valence-electron chi connectivity index (χ3n) is 2.29. The average molecular weight is 220 g/mol. The van der Waals surface area contributed by atoms with Crippen LogP contribution in [-0.2, 0) is 6.42 Å². The molecule has 1 N–H and O–H groups in total. The first kappa shape index (κ1) is 12.7. The predicted molar refractivity (Wildman–Crippen MR) is 65.5 cm³/mol. The smallest absolute Gasteiger partial charge is 0.253 e. The molecular formula is C13H20N2O. The molecule has 0 unspecified atom stereocenters. The number of pyridine rings is 1. The van der Waals surface area contributed by atoms with E-state index in [2.05, 4.69) is 17.2 Å². The zero-order valence-corrected chi connectivity index (χ0v) is 10.3. The number of nitrogens with zero attached hydrogens (tertiary/aromatic N) is 1. The van der Waals surface area contributed by atoms with E-state index in [-0.39, 0.29) is 11.9 Å². The van der Waals surface area contributed by atoms with Crippen LogP contribution < -0.4 is 5.32 Å². The van der Waals surface area contributed by atoms with Crippen LogP contribution >= 0.6 is 0 Å². The molecule has 0 aliphatic carbocycles. The number of carbonyl (C=O) groups is 1. The summed E-state index contributed by atoms with van der Waals surface area (Å²) in [6.45, 7) is 6.05. The molecule has 16 heavy (non-hydrogen) atoms. The van der Waals surface area contributed by atoms with Crippen molar-refractivity contribution >= 4 is 5.91 Å². The molecule has 88 valence electrons. The van der Waals surface area contributed by atoms with Crippen molar-refractivity contribution < 1.29 is 4.79 Å². The molecule has 1 amide bonds. The standard InChI is InChI=1S/C13H20N2O/c1-4-5-6-12-8-7-11(9-14-12)13(16)15-10(2)3/h7-10H,4-6H2,1-3H3,(H,15,16). The average Bonchev–Trinajstić information content (AvgIpc) is 2.26. The van der Waals surface area contributed by atoms with Gasteiger partial charge in [0.05, 0.1) is 5.56 Å². The van der Waals surface area contributed by atoms with Crippen LogP contribution in [0.4, 0.5) is 0 Å². The van der Waals surface area contributed by atoms with E-state index >= 15 is 0 Å². The first-order valence-corrected chi connectivity index (χ1v) is 5.89. The van der Waals surface area contributed by atoms with E-state index in [1.165, 1.54) is 0 Å². The highest BCUT2D eigenvalue weighted by Gasteiger charge is 2.06. The topological polar surface area (TPSA) is 42.0 Å². The normalized spacial score (nSPS) is 10.5. The molecule has 0 spiro atoms. The number of hydrogen-bond acceptors (Lipinski definition) is 2. The molecule has 1 heterocycles. The summed E-state index contributed by atoms with van der Waals surface area (Å²) < 4.78 is 0. The maximum absolute atomic E-state index is 11.6. The van der Waals surface area contributed by atoms with Crippen molar-refractivity contribution in [2.24, 2.45) is 0 Å². The van der Waals surface area contributed by atoms with Crippen LogP contribution in [0.5, 0.6) is 0 Å². The van der Waals surface area contributed by atoms with Crippen molar-refractivity contribution in [3.63, 3.8) is 0 Å². The Bertz CT molecular complexity index is 330. The summed E-state index contributed by atoms with van der Waals surface area (Å²) in [7, 11) is 0. The molecule has 0 bridgehead atoms. The van der Waals surface area contributed by atoms with Crippen LogP contribution in [0.1, 0.15) is 49.7 Å². The molecule has 0 aliphatic rings. The largest absolute Gasteiger partial charge is 0.350 e. The van der Waals surface area contributed by atoms with Crippen LogP contribution in [-0.4, -0.2) is 16.9 Å². The fourth-order valence-corrected chi connectivity index (χ4v) is 1.41. The number of unbranched alkanes of at least 4 members (excludes halogenated alkanes) is 1. The molecule has 0 saturated carbocycles. The Hall–Kier alpha value is -1.38. The zero-order valence-electron chi connectivity index (χ0n) is 10.3. The Morgan fingerprint density at radius 1 is 1.44 bits per heavy atom. The van der Waals surface area contributed by atoms with Gasteiger partial charge in [0.15, 0.2) is 0 Å². The molecule has 0 saturated heterocycles. The lowest BCUT2D eigenvalue weighted by Gasteiger charge is -2.08. The van der Waals surface area contributed by atoms with Gasteiger partial charge in [0.1, 0.15) is 0 Å². The minimum absolute atomic E-state index is 0.0514. The summed E-state index contributed by atoms with van der Waals surface area (Å²) in [5, 5.41) is 2.84. The van der Waals surface area contributed by atoms with E-state index in [1.807, 2.05) is 26.0 Å². The molecule has 1 aromatic heterocycles. The lowest BCUT2D eigenvalue weighted by atomic mass is 10.1. The fraction of sp³-hybridized carbons (Fsp3) is 0.538. The van der Waals surface area contributed by atoms with E-state index in [1.54, 1.807) is 6.20 Å². The summed E-state index contributed by atoms with van der Waals surface area (Å²) in [4.78, 5) is 15.9. The van der Waals surface area contributed by atoms with Gasteiger partial charge < -0.3 is 5.32 Å². The van der Waals surface area contributed by atoms with Crippen molar-refractivity contribution in [1.29, 1.82) is 0 Å². The summed E-state index contributed by atoms with van der Waals surface area (Å²) in [5.41, 5.74) is 1.69. The zero-order chi connectivity index (χ0) is 12.0. The van der Waals surface area contributed by atoms with Gasteiger partial charge in [-0.05, 0) is 38.8 Å². The number of aryl methyl sites for hydroxylation is 1. The highest BCUT2D eigenvalue weighted by molar-refractivity contribution is 5.93. The Balaban J connectivity index is 2.60. The molecule has 1 rings (SSSR count). The van der Waals surface area contributed by atoms with Crippen LogP contribution in [0, 0.1) is 0 Å². The first-order chi connectivity index (χ1) is 7.63. The van der Waals surface area contributed by atoms with Crippen molar-refractivity contribution in [3.8, 4) is 0 Å². The summed E-state index contributed by atoms with van der Waals surface area (Å²) >= 11 is 0. The van der Waals surface area contributed by atoms with Gasteiger partial charge in [0.2, 0.25) is 0 Å². The number of rotatable bonds is 5. The molecule has 3 heteroatoms. The highest BCUT2D eigenvalue weighted by Crippen LogP contribution is 2.04. The minimum atomic E-state index is -0.0514. The third kappa shape index (κ3) is 4.01. The summed E-state index contributed by atoms with van der Waals surface area (Å²) in [5.74, 6) is -0.0514. The lowest BCUT2D eigenvalue weighted by molar-refractivity contribution is 0.0942. The first-order valence-electron chi connectivity index (χ1n) is 5.89. The van der Waals surface area contributed by atoms with Gasteiger partial charge in [0, 0.05) is 17.9 Å². The van der Waals surface area contributed by atoms with Gasteiger partial charge >= 0.3 is 0 Å². The van der Waals surface area contributed by atoms with Crippen LogP contribution in [0.2, 0.25) is 0 Å². The molecule has 0 fully saturated rings. The van der Waals surface area contributed by atoms with E-state index in [0.717, 1.165) is 25.0 Å². The molecule has 0 aliphatic heterocycles. The molecule has 3 nitrogen and oxygen atoms in total. The molecule has 0 atom stereocenters. The van der Waals surface area contributed by atoms with Gasteiger partial charge in [-0.15, -0.1) is 0 Å². The monoisotopic (exact) mass is 220 g/mol. The van der Waals surface area contributed by atoms with Crippen molar-refractivity contribution in [2.45, 2.75) is 46.1 Å². The number of hydrogen-bond donors (Lipinski definition) is 1. The van der Waals surface area contributed by atoms with E-state index in [9.17, 15) is 4.79 Å². The van der Waals surface area contributed by atoms with Crippen LogP contribution in [0.25, 0.3) is 0 Å². The molecule has 1 aromatic rings. The maximum atomic E-state index is 11.6. The Kier molecular flexibility index (Phi) is 4.96. The van der Waals surface area contributed by atoms with Crippen LogP contribution in [0.15, 0.2) is 18.3 Å². The van der Waals surface area contributed by atoms with E-state index < -0.39 is 0 Å². The number of nitrogens with one attached hydrogen (secondary N) is 1.